The fourth-order valence-electron chi connectivity index (χ4n) is 0. The van der Waals surface area contributed by atoms with Gasteiger partial charge in [-0.25, -0.2) is 0 Å². The number of hydrogen-bond donors (Lipinski definition) is 2. The Kier molecular flexibility index (Phi) is 1.18. The fourth-order valence-corrected chi connectivity index (χ4v) is 0. The van der Waals surface area contributed by atoms with Crippen molar-refractivity contribution in [3.8, 4) is 0 Å². The zero-order valence-corrected chi connectivity index (χ0v) is 3.94. The number of rotatable bonds is 0. The molecule has 0 heterocycles. The van der Waals surface area contributed by atoms with Crippen LogP contribution < -0.4 is 0 Å². The molecule has 0 radical (unpaired) electrons. The van der Waals surface area contributed by atoms with Crippen molar-refractivity contribution in [1.29, 1.82) is 0 Å². The average molecular weight is 94.0 g/mol. The first kappa shape index (κ1) is 5.22. The summed E-state index contributed by atoms with van der Waals surface area (Å²) in [6.07, 6.45) is 2.99. The zero-order valence-electron chi connectivity index (χ0n) is 3.05. The van der Waals surface area contributed by atoms with Crippen molar-refractivity contribution in [2.75, 3.05) is 6.66 Å². The van der Waals surface area contributed by atoms with E-state index in [0.717, 1.165) is 0 Å². The summed E-state index contributed by atoms with van der Waals surface area (Å²) < 4.78 is 0. The van der Waals surface area contributed by atoms with Gasteiger partial charge in [0.15, 0.2) is 0 Å². The lowest BCUT2D eigenvalue weighted by Crippen LogP contribution is -1.65. The van der Waals surface area contributed by atoms with Crippen LogP contribution in [0.15, 0.2) is 0 Å². The predicted octanol–water partition coefficient (Wildman–Crippen LogP) is -0.120. The van der Waals surface area contributed by atoms with Crippen LogP contribution in [0, 0.1) is 0 Å². The van der Waals surface area contributed by atoms with Gasteiger partial charge in [0.05, 0.1) is 0 Å². The molecule has 32 valence electrons. The van der Waals surface area contributed by atoms with E-state index in [1.165, 1.54) is 6.66 Å². The molecule has 2 N–H and O–H groups in total. The highest BCUT2D eigenvalue weighted by Crippen LogP contribution is 2.25. The highest BCUT2D eigenvalue weighted by molar-refractivity contribution is 7.61. The standard InChI is InChI=1S/C2H7O2P/c1-5(2,3)4/h3-4H,1H2,2H3. The molecule has 0 aromatic rings. The predicted molar refractivity (Wildman–Crippen MR) is 24.4 cm³/mol. The van der Waals surface area contributed by atoms with E-state index in [0.29, 0.717) is 0 Å². The molecule has 0 unspecified atom stereocenters. The third-order valence-corrected chi connectivity index (χ3v) is 0. The Morgan fingerprint density at radius 3 is 1.60 bits per heavy atom. The van der Waals surface area contributed by atoms with Crippen molar-refractivity contribution in [2.45, 2.75) is 0 Å². The molecule has 5 heavy (non-hydrogen) atoms. The van der Waals surface area contributed by atoms with Crippen LogP contribution >= 0.6 is 7.34 Å². The molecule has 0 aliphatic heterocycles. The molecule has 0 aliphatic carbocycles. The Labute approximate surface area is 31.2 Å². The first-order valence-electron chi connectivity index (χ1n) is 1.16. The molecule has 0 rings (SSSR count). The smallest absolute Gasteiger partial charge is 0.108 e. The van der Waals surface area contributed by atoms with E-state index in [9.17, 15) is 0 Å². The Hall–Kier alpha value is 0.220. The van der Waals surface area contributed by atoms with Gasteiger partial charge in [0, 0.05) is 6.66 Å². The molecule has 3 heteroatoms. The Morgan fingerprint density at radius 1 is 1.60 bits per heavy atom. The SMILES string of the molecule is C=P(C)(O)O. The van der Waals surface area contributed by atoms with Crippen molar-refractivity contribution >= 4 is 13.6 Å². The third kappa shape index (κ3) is 430. The van der Waals surface area contributed by atoms with Gasteiger partial charge in [-0.15, -0.1) is 0 Å². The fraction of sp³-hybridized carbons (Fsp3) is 0.500. The molecule has 0 aliphatic rings. The van der Waals surface area contributed by atoms with Crippen LogP contribution in [-0.4, -0.2) is 22.8 Å². The average Bonchev–Trinajstić information content (AvgIpc) is 0.722. The molecular formula is C2H7O2P. The van der Waals surface area contributed by atoms with Crippen LogP contribution in [0.4, 0.5) is 0 Å². The minimum absolute atomic E-state index is 1.30. The molecular weight excluding hydrogens is 87.0 g/mol. The summed E-state index contributed by atoms with van der Waals surface area (Å²) in [5, 5.41) is 0. The van der Waals surface area contributed by atoms with Crippen molar-refractivity contribution in [3.63, 3.8) is 0 Å². The van der Waals surface area contributed by atoms with E-state index < -0.39 is 7.34 Å². The van der Waals surface area contributed by atoms with Gasteiger partial charge in [-0.05, 0) is 0 Å². The van der Waals surface area contributed by atoms with E-state index in [4.69, 9.17) is 9.79 Å². The summed E-state index contributed by atoms with van der Waals surface area (Å²) >= 11 is 0. The zero-order chi connectivity index (χ0) is 4.50. The van der Waals surface area contributed by atoms with Crippen LogP contribution in [0.1, 0.15) is 0 Å². The van der Waals surface area contributed by atoms with E-state index in [1.54, 1.807) is 0 Å². The summed E-state index contributed by atoms with van der Waals surface area (Å²) in [4.78, 5) is 16.2. The minimum atomic E-state index is -2.64. The van der Waals surface area contributed by atoms with Gasteiger partial charge in [-0.2, -0.15) is 0 Å². The van der Waals surface area contributed by atoms with Crippen LogP contribution in [0.2, 0.25) is 0 Å². The summed E-state index contributed by atoms with van der Waals surface area (Å²) in [6.45, 7) is 1.30. The molecule has 0 aromatic heterocycles. The molecule has 0 spiro atoms. The van der Waals surface area contributed by atoms with Gasteiger partial charge >= 0.3 is 0 Å². The third-order valence-electron chi connectivity index (χ3n) is 0. The maximum atomic E-state index is 8.08. The molecule has 0 fully saturated rings. The van der Waals surface area contributed by atoms with Gasteiger partial charge < -0.3 is 9.79 Å². The van der Waals surface area contributed by atoms with Crippen molar-refractivity contribution < 1.29 is 9.79 Å². The summed E-state index contributed by atoms with van der Waals surface area (Å²) in [5.41, 5.74) is 0. The first-order valence-corrected chi connectivity index (χ1v) is 3.49. The Balaban J connectivity index is 3.47. The van der Waals surface area contributed by atoms with E-state index in [1.807, 2.05) is 0 Å². The van der Waals surface area contributed by atoms with Crippen LogP contribution in [-0.2, 0) is 0 Å². The normalized spacial score (nSPS) is 11.8. The highest BCUT2D eigenvalue weighted by Gasteiger charge is 1.83. The van der Waals surface area contributed by atoms with E-state index in [-0.39, 0.29) is 0 Å². The highest BCUT2D eigenvalue weighted by atomic mass is 31.2. The molecule has 2 nitrogen and oxygen atoms in total. The lowest BCUT2D eigenvalue weighted by Gasteiger charge is -1.94. The van der Waals surface area contributed by atoms with E-state index >= 15 is 0 Å². The maximum Gasteiger partial charge on any atom is 0.108 e. The Morgan fingerprint density at radius 2 is 1.60 bits per heavy atom. The molecule has 0 amide bonds. The lowest BCUT2D eigenvalue weighted by atomic mass is 11.9. The maximum absolute atomic E-state index is 8.08. The van der Waals surface area contributed by atoms with Gasteiger partial charge in [-0.1, -0.05) is 6.30 Å². The van der Waals surface area contributed by atoms with Crippen LogP contribution in [0.5, 0.6) is 0 Å². The molecule has 0 bridgehead atoms. The monoisotopic (exact) mass is 94.0 g/mol. The topological polar surface area (TPSA) is 40.5 Å². The molecule has 0 saturated heterocycles. The van der Waals surface area contributed by atoms with E-state index in [2.05, 4.69) is 6.30 Å². The van der Waals surface area contributed by atoms with Crippen molar-refractivity contribution in [1.82, 2.24) is 0 Å². The van der Waals surface area contributed by atoms with Gasteiger partial charge in [-0.3, -0.25) is 0 Å². The lowest BCUT2D eigenvalue weighted by molar-refractivity contribution is 0.485. The molecule has 0 saturated carbocycles. The van der Waals surface area contributed by atoms with Gasteiger partial charge in [0.1, 0.15) is 7.34 Å². The second-order valence-electron chi connectivity index (χ2n) is 1.09. The quantitative estimate of drug-likeness (QED) is 0.411. The molecule has 0 atom stereocenters. The number of hydrogen-bond acceptors (Lipinski definition) is 2. The van der Waals surface area contributed by atoms with Crippen molar-refractivity contribution in [2.24, 2.45) is 0 Å². The second-order valence-corrected chi connectivity index (χ2v) is 3.27. The summed E-state index contributed by atoms with van der Waals surface area (Å²) in [6, 6.07) is 0. The second kappa shape index (κ2) is 1.13. The van der Waals surface area contributed by atoms with Crippen LogP contribution in [0.3, 0.4) is 0 Å². The van der Waals surface area contributed by atoms with Gasteiger partial charge in [0.2, 0.25) is 0 Å². The van der Waals surface area contributed by atoms with Crippen molar-refractivity contribution in [3.05, 3.63) is 0 Å². The Bertz CT molecular complexity index is 53.8. The van der Waals surface area contributed by atoms with Crippen LogP contribution in [0.25, 0.3) is 0 Å². The minimum Gasteiger partial charge on any atom is -0.354 e. The van der Waals surface area contributed by atoms with Gasteiger partial charge in [0.25, 0.3) is 0 Å². The summed E-state index contributed by atoms with van der Waals surface area (Å²) in [7, 11) is -2.64. The first-order chi connectivity index (χ1) is 2.00. The summed E-state index contributed by atoms with van der Waals surface area (Å²) in [5.74, 6) is 0. The largest absolute Gasteiger partial charge is 0.354 e. The molecule has 0 aromatic carbocycles.